The van der Waals surface area contributed by atoms with Crippen LogP contribution in [-0.2, 0) is 6.54 Å². The summed E-state index contributed by atoms with van der Waals surface area (Å²) in [6, 6.07) is 8.00. The third kappa shape index (κ3) is 2.92. The van der Waals surface area contributed by atoms with E-state index in [1.165, 1.54) is 25.7 Å². The number of nitrogens with zero attached hydrogens (tertiary/aromatic N) is 1. The van der Waals surface area contributed by atoms with Gasteiger partial charge in [-0.15, -0.1) is 0 Å². The number of rotatable bonds is 3. The predicted molar refractivity (Wildman–Crippen MR) is 80.9 cm³/mol. The van der Waals surface area contributed by atoms with Gasteiger partial charge >= 0.3 is 0 Å². The van der Waals surface area contributed by atoms with Gasteiger partial charge < -0.3 is 5.32 Å². The highest BCUT2D eigenvalue weighted by Gasteiger charge is 2.35. The molecule has 0 aliphatic carbocycles. The zero-order chi connectivity index (χ0) is 13.4. The molecule has 2 aliphatic rings. The van der Waals surface area contributed by atoms with Gasteiger partial charge in [0.05, 0.1) is 10.0 Å². The third-order valence-corrected chi connectivity index (χ3v) is 5.38. The van der Waals surface area contributed by atoms with Gasteiger partial charge in [-0.2, -0.15) is 0 Å². The summed E-state index contributed by atoms with van der Waals surface area (Å²) in [5.74, 6) is 0. The molecule has 0 amide bonds. The lowest BCUT2D eigenvalue weighted by Gasteiger charge is -2.35. The molecule has 1 N–H and O–H groups in total. The molecular formula is C15H20Cl2N2. The maximum Gasteiger partial charge on any atom is 0.0637 e. The van der Waals surface area contributed by atoms with Crippen LogP contribution in [0.15, 0.2) is 18.2 Å². The van der Waals surface area contributed by atoms with Crippen molar-refractivity contribution in [3.05, 3.63) is 33.8 Å². The summed E-state index contributed by atoms with van der Waals surface area (Å²) in [6.07, 6.45) is 5.19. The van der Waals surface area contributed by atoms with Crippen molar-refractivity contribution in [1.29, 1.82) is 0 Å². The van der Waals surface area contributed by atoms with E-state index in [2.05, 4.69) is 23.3 Å². The Bertz CT molecular complexity index is 451. The molecule has 1 aromatic rings. The Morgan fingerprint density at radius 2 is 1.89 bits per heavy atom. The maximum absolute atomic E-state index is 6.27. The number of benzene rings is 1. The minimum Gasteiger partial charge on any atom is -0.311 e. The topological polar surface area (TPSA) is 15.3 Å². The Labute approximate surface area is 125 Å². The van der Waals surface area contributed by atoms with Crippen LogP contribution in [0.4, 0.5) is 0 Å². The van der Waals surface area contributed by atoms with Gasteiger partial charge in [0.2, 0.25) is 0 Å². The molecule has 19 heavy (non-hydrogen) atoms. The minimum absolute atomic E-state index is 0.651. The standard InChI is InChI=1S/C15H20Cl2N2/c1-19(9-10-3-2-4-14(16)15(10)17)13-7-11-5-6-12(8-13)18-11/h2-4,11-13,18H,5-9H2,1H3. The Kier molecular flexibility index (Phi) is 4.04. The molecule has 0 radical (unpaired) electrons. The number of halogens is 2. The van der Waals surface area contributed by atoms with Crippen LogP contribution in [0, 0.1) is 0 Å². The summed E-state index contributed by atoms with van der Waals surface area (Å²) in [5.41, 5.74) is 1.13. The SMILES string of the molecule is CN(Cc1cccc(Cl)c1Cl)C1CC2CCC(C1)N2. The first kappa shape index (κ1) is 13.7. The van der Waals surface area contributed by atoms with Crippen LogP contribution >= 0.6 is 23.2 Å². The van der Waals surface area contributed by atoms with E-state index in [4.69, 9.17) is 23.2 Å². The molecule has 2 aliphatic heterocycles. The number of hydrogen-bond donors (Lipinski definition) is 1. The Hall–Kier alpha value is -0.280. The van der Waals surface area contributed by atoms with E-state index in [0.717, 1.165) is 24.2 Å². The summed E-state index contributed by atoms with van der Waals surface area (Å²) in [5, 5.41) is 5.04. The minimum atomic E-state index is 0.651. The molecule has 2 fully saturated rings. The first-order valence-corrected chi connectivity index (χ1v) is 7.78. The molecule has 0 spiro atoms. The first-order chi connectivity index (χ1) is 9.13. The summed E-state index contributed by atoms with van der Waals surface area (Å²) in [4.78, 5) is 2.43. The molecule has 3 rings (SSSR count). The van der Waals surface area contributed by atoms with E-state index in [9.17, 15) is 0 Å². The van der Waals surface area contributed by atoms with E-state index in [0.29, 0.717) is 16.1 Å². The van der Waals surface area contributed by atoms with Crippen molar-refractivity contribution < 1.29 is 0 Å². The smallest absolute Gasteiger partial charge is 0.0637 e. The van der Waals surface area contributed by atoms with Crippen molar-refractivity contribution in [3.8, 4) is 0 Å². The highest BCUT2D eigenvalue weighted by Crippen LogP contribution is 2.31. The van der Waals surface area contributed by atoms with Crippen molar-refractivity contribution in [1.82, 2.24) is 10.2 Å². The second-order valence-corrected chi connectivity index (χ2v) is 6.68. The van der Waals surface area contributed by atoms with E-state index in [1.807, 2.05) is 12.1 Å². The summed E-state index contributed by atoms with van der Waals surface area (Å²) >= 11 is 12.4. The van der Waals surface area contributed by atoms with E-state index < -0.39 is 0 Å². The normalized spacial score (nSPS) is 30.0. The molecule has 2 atom stereocenters. The van der Waals surface area contributed by atoms with Gasteiger partial charge in [-0.1, -0.05) is 35.3 Å². The third-order valence-electron chi connectivity index (χ3n) is 4.52. The fourth-order valence-electron chi connectivity index (χ4n) is 3.46. The second kappa shape index (κ2) is 5.61. The lowest BCUT2D eigenvalue weighted by atomic mass is 9.98. The molecule has 2 nitrogen and oxygen atoms in total. The molecule has 2 saturated heterocycles. The lowest BCUT2D eigenvalue weighted by Crippen LogP contribution is -2.46. The molecule has 4 heteroatoms. The van der Waals surface area contributed by atoms with Crippen molar-refractivity contribution >= 4 is 23.2 Å². The number of fused-ring (bicyclic) bond motifs is 2. The fourth-order valence-corrected chi connectivity index (χ4v) is 3.84. The monoisotopic (exact) mass is 298 g/mol. The summed E-state index contributed by atoms with van der Waals surface area (Å²) in [7, 11) is 2.20. The van der Waals surface area contributed by atoms with E-state index in [-0.39, 0.29) is 0 Å². The van der Waals surface area contributed by atoms with Gasteiger partial charge in [0.15, 0.2) is 0 Å². The van der Waals surface area contributed by atoms with Crippen LogP contribution in [0.3, 0.4) is 0 Å². The van der Waals surface area contributed by atoms with Crippen molar-refractivity contribution in [3.63, 3.8) is 0 Å². The Morgan fingerprint density at radius 3 is 2.58 bits per heavy atom. The zero-order valence-corrected chi connectivity index (χ0v) is 12.7. The lowest BCUT2D eigenvalue weighted by molar-refractivity contribution is 0.166. The Morgan fingerprint density at radius 1 is 1.21 bits per heavy atom. The maximum atomic E-state index is 6.27. The van der Waals surface area contributed by atoms with E-state index in [1.54, 1.807) is 0 Å². The fraction of sp³-hybridized carbons (Fsp3) is 0.600. The summed E-state index contributed by atoms with van der Waals surface area (Å²) in [6.45, 7) is 0.878. The molecule has 2 unspecified atom stereocenters. The van der Waals surface area contributed by atoms with Crippen LogP contribution < -0.4 is 5.32 Å². The van der Waals surface area contributed by atoms with Gasteiger partial charge in [-0.3, -0.25) is 4.90 Å². The molecule has 2 bridgehead atoms. The Balaban J connectivity index is 1.68. The van der Waals surface area contributed by atoms with Crippen LogP contribution in [-0.4, -0.2) is 30.1 Å². The molecule has 104 valence electrons. The van der Waals surface area contributed by atoms with Crippen LogP contribution in [0.1, 0.15) is 31.2 Å². The molecule has 1 aromatic carbocycles. The first-order valence-electron chi connectivity index (χ1n) is 7.02. The van der Waals surface area contributed by atoms with Gasteiger partial charge in [-0.05, 0) is 44.4 Å². The molecule has 2 heterocycles. The van der Waals surface area contributed by atoms with Crippen LogP contribution in [0.5, 0.6) is 0 Å². The molecule has 0 saturated carbocycles. The highest BCUT2D eigenvalue weighted by atomic mass is 35.5. The average molecular weight is 299 g/mol. The largest absolute Gasteiger partial charge is 0.311 e. The van der Waals surface area contributed by atoms with Crippen molar-refractivity contribution in [2.75, 3.05) is 7.05 Å². The number of piperidine rings is 1. The van der Waals surface area contributed by atoms with Gasteiger partial charge in [0.25, 0.3) is 0 Å². The van der Waals surface area contributed by atoms with Crippen molar-refractivity contribution in [2.24, 2.45) is 0 Å². The highest BCUT2D eigenvalue weighted by molar-refractivity contribution is 6.42. The molecule has 0 aromatic heterocycles. The second-order valence-electron chi connectivity index (χ2n) is 5.89. The van der Waals surface area contributed by atoms with Gasteiger partial charge in [0, 0.05) is 24.7 Å². The van der Waals surface area contributed by atoms with Crippen LogP contribution in [0.2, 0.25) is 10.0 Å². The quantitative estimate of drug-likeness (QED) is 0.915. The van der Waals surface area contributed by atoms with E-state index >= 15 is 0 Å². The molecular weight excluding hydrogens is 279 g/mol. The van der Waals surface area contributed by atoms with Crippen molar-refractivity contribution in [2.45, 2.75) is 50.4 Å². The predicted octanol–water partition coefficient (Wildman–Crippen LogP) is 3.71. The zero-order valence-electron chi connectivity index (χ0n) is 11.2. The van der Waals surface area contributed by atoms with Gasteiger partial charge in [0.1, 0.15) is 0 Å². The van der Waals surface area contributed by atoms with Crippen LogP contribution in [0.25, 0.3) is 0 Å². The summed E-state index contributed by atoms with van der Waals surface area (Å²) < 4.78 is 0. The van der Waals surface area contributed by atoms with Gasteiger partial charge in [-0.25, -0.2) is 0 Å². The number of hydrogen-bond acceptors (Lipinski definition) is 2. The average Bonchev–Trinajstić information content (AvgIpc) is 2.73. The number of nitrogens with one attached hydrogen (secondary N) is 1.